The zero-order valence-electron chi connectivity index (χ0n) is 11.2. The minimum absolute atomic E-state index is 0. The van der Waals surface area contributed by atoms with Crippen LogP contribution in [0.2, 0.25) is 0 Å². The van der Waals surface area contributed by atoms with E-state index in [2.05, 4.69) is 0 Å². The van der Waals surface area contributed by atoms with Crippen LogP contribution in [-0.2, 0) is 0 Å². The zero-order chi connectivity index (χ0) is 14.8. The van der Waals surface area contributed by atoms with Gasteiger partial charge in [0, 0.05) is 0 Å². The zero-order valence-corrected chi connectivity index (χ0v) is 11.2. The lowest BCUT2D eigenvalue weighted by Gasteiger charge is -2.31. The Morgan fingerprint density at radius 3 is 1.22 bits per heavy atom. The van der Waals surface area contributed by atoms with Crippen LogP contribution in [-0.4, -0.2) is 44.3 Å². The highest BCUT2D eigenvalue weighted by molar-refractivity contribution is 6.13. The Bertz CT molecular complexity index is 278. The molecule has 1 aromatic carbocycles. The fourth-order valence-electron chi connectivity index (χ4n) is 0.428. The molecule has 0 atom stereocenters. The number of hydrogen-bond donors (Lipinski definition) is 5. The third-order valence-electron chi connectivity index (χ3n) is 2.25. The molecule has 0 saturated carbocycles. The molecule has 0 spiro atoms. The lowest BCUT2D eigenvalue weighted by atomic mass is 9.90. The highest BCUT2D eigenvalue weighted by Crippen LogP contribution is 2.19. The summed E-state index contributed by atoms with van der Waals surface area (Å²) in [4.78, 5) is 0. The Morgan fingerprint density at radius 1 is 0.833 bits per heavy atom. The first-order chi connectivity index (χ1) is 8.06. The van der Waals surface area contributed by atoms with E-state index < -0.39 is 11.2 Å². The lowest BCUT2D eigenvalue weighted by molar-refractivity contribution is -0.107. The summed E-state index contributed by atoms with van der Waals surface area (Å²) >= 11 is 0. The Labute approximate surface area is 109 Å². The van der Waals surface area contributed by atoms with Crippen LogP contribution in [0.1, 0.15) is 27.7 Å². The molecule has 1 rings (SSSR count). The molecule has 0 aliphatic heterocycles. The highest BCUT2D eigenvalue weighted by Gasteiger charge is 2.31. The van der Waals surface area contributed by atoms with Crippen LogP contribution in [0.4, 0.5) is 0 Å². The van der Waals surface area contributed by atoms with Crippen molar-refractivity contribution < 1.29 is 25.4 Å². The summed E-state index contributed by atoms with van der Waals surface area (Å²) in [5.74, 6) is 0.322. The van der Waals surface area contributed by atoms with Gasteiger partial charge in [0.25, 0.3) is 0 Å². The van der Waals surface area contributed by atoms with Crippen molar-refractivity contribution in [2.24, 2.45) is 0 Å². The molecule has 0 aliphatic rings. The summed E-state index contributed by atoms with van der Waals surface area (Å²) < 4.78 is 0. The second-order valence-electron chi connectivity index (χ2n) is 4.57. The van der Waals surface area contributed by atoms with Crippen molar-refractivity contribution in [1.29, 1.82) is 0 Å². The number of phenols is 1. The van der Waals surface area contributed by atoms with Gasteiger partial charge in [-0.15, -0.1) is 0 Å². The first kappa shape index (κ1) is 19.3. The highest BCUT2D eigenvalue weighted by atomic mass is 16.4. The fourth-order valence-corrected chi connectivity index (χ4v) is 0.428. The first-order valence-electron chi connectivity index (χ1n) is 5.35. The Balaban J connectivity index is 0. The summed E-state index contributed by atoms with van der Waals surface area (Å²) in [5.41, 5.74) is -2.01. The van der Waals surface area contributed by atoms with Crippen LogP contribution >= 0.6 is 0 Å². The molecule has 1 aromatic rings. The SMILES string of the molecule is CC(C)(O)C(C)(C)O.O[B]O.Oc1ccccc1. The van der Waals surface area contributed by atoms with E-state index in [9.17, 15) is 0 Å². The largest absolute Gasteiger partial charge is 0.508 e. The molecule has 5 N–H and O–H groups in total. The second kappa shape index (κ2) is 8.94. The molecule has 0 aromatic heterocycles. The van der Waals surface area contributed by atoms with E-state index in [4.69, 9.17) is 25.4 Å². The fraction of sp³-hybridized carbons (Fsp3) is 0.500. The van der Waals surface area contributed by atoms with Crippen molar-refractivity contribution in [3.8, 4) is 5.75 Å². The van der Waals surface area contributed by atoms with E-state index in [0.717, 1.165) is 0 Å². The van der Waals surface area contributed by atoms with Gasteiger partial charge in [-0.1, -0.05) is 18.2 Å². The van der Waals surface area contributed by atoms with Gasteiger partial charge < -0.3 is 25.4 Å². The molecule has 0 heterocycles. The Hall–Kier alpha value is -1.08. The van der Waals surface area contributed by atoms with E-state index in [1.807, 2.05) is 6.07 Å². The number of para-hydroxylation sites is 1. The number of rotatable bonds is 1. The average molecular weight is 257 g/mol. The predicted octanol–water partition coefficient (Wildman–Crippen LogP) is 0.426. The third kappa shape index (κ3) is 11.4. The number of phenolic OH excluding ortho intramolecular Hbond substituents is 1. The van der Waals surface area contributed by atoms with Gasteiger partial charge in [-0.05, 0) is 39.8 Å². The summed E-state index contributed by atoms with van der Waals surface area (Å²) in [6, 6.07) is 8.71. The molecule has 1 radical (unpaired) electrons. The van der Waals surface area contributed by atoms with Crippen molar-refractivity contribution in [2.45, 2.75) is 38.9 Å². The number of aromatic hydroxyl groups is 1. The monoisotopic (exact) mass is 257 g/mol. The van der Waals surface area contributed by atoms with E-state index in [-0.39, 0.29) is 7.69 Å². The van der Waals surface area contributed by atoms with Crippen molar-refractivity contribution in [1.82, 2.24) is 0 Å². The molecule has 0 aliphatic carbocycles. The number of benzene rings is 1. The van der Waals surface area contributed by atoms with E-state index >= 15 is 0 Å². The predicted molar refractivity (Wildman–Crippen MR) is 70.9 cm³/mol. The second-order valence-corrected chi connectivity index (χ2v) is 4.57. The van der Waals surface area contributed by atoms with Crippen LogP contribution in [0.5, 0.6) is 5.75 Å². The van der Waals surface area contributed by atoms with Gasteiger partial charge in [0.05, 0.1) is 11.2 Å². The topological polar surface area (TPSA) is 101 Å². The van der Waals surface area contributed by atoms with Gasteiger partial charge >= 0.3 is 7.69 Å². The van der Waals surface area contributed by atoms with Gasteiger partial charge in [0.2, 0.25) is 0 Å². The summed E-state index contributed by atoms with van der Waals surface area (Å²) in [7, 11) is 0. The minimum Gasteiger partial charge on any atom is -0.508 e. The normalized spacial score (nSPS) is 10.4. The van der Waals surface area contributed by atoms with E-state index in [0.29, 0.717) is 5.75 Å². The van der Waals surface area contributed by atoms with Gasteiger partial charge in [-0.2, -0.15) is 0 Å². The van der Waals surface area contributed by atoms with Crippen LogP contribution in [0.15, 0.2) is 30.3 Å². The van der Waals surface area contributed by atoms with Crippen LogP contribution in [0, 0.1) is 0 Å². The summed E-state index contributed by atoms with van der Waals surface area (Å²) in [6.07, 6.45) is 0. The molecule has 0 bridgehead atoms. The van der Waals surface area contributed by atoms with Gasteiger partial charge in [-0.3, -0.25) is 0 Å². The Kier molecular flexibility index (Phi) is 9.57. The van der Waals surface area contributed by atoms with E-state index in [1.165, 1.54) is 0 Å². The summed E-state index contributed by atoms with van der Waals surface area (Å²) in [5, 5.41) is 40.8. The van der Waals surface area contributed by atoms with E-state index in [1.54, 1.807) is 52.0 Å². The lowest BCUT2D eigenvalue weighted by Crippen LogP contribution is -2.44. The molecule has 5 nitrogen and oxygen atoms in total. The quantitative estimate of drug-likeness (QED) is 0.469. The molecular weight excluding hydrogens is 235 g/mol. The van der Waals surface area contributed by atoms with Crippen LogP contribution in [0.25, 0.3) is 0 Å². The Morgan fingerprint density at radius 2 is 1.11 bits per heavy atom. The smallest absolute Gasteiger partial charge is 0.482 e. The third-order valence-corrected chi connectivity index (χ3v) is 2.25. The maximum absolute atomic E-state index is 9.10. The van der Waals surface area contributed by atoms with Crippen molar-refractivity contribution in [3.05, 3.63) is 30.3 Å². The van der Waals surface area contributed by atoms with Crippen molar-refractivity contribution in [3.63, 3.8) is 0 Å². The first-order valence-corrected chi connectivity index (χ1v) is 5.35. The average Bonchev–Trinajstić information content (AvgIpc) is 2.17. The minimum atomic E-state index is -1.01. The van der Waals surface area contributed by atoms with Crippen LogP contribution in [0.3, 0.4) is 0 Å². The number of hydrogen-bond acceptors (Lipinski definition) is 5. The van der Waals surface area contributed by atoms with Crippen LogP contribution < -0.4 is 0 Å². The molecule has 6 heteroatoms. The number of aliphatic hydroxyl groups is 2. The van der Waals surface area contributed by atoms with Gasteiger partial charge in [-0.25, -0.2) is 0 Å². The van der Waals surface area contributed by atoms with Crippen molar-refractivity contribution >= 4 is 7.69 Å². The molecule has 0 amide bonds. The maximum atomic E-state index is 9.10. The molecule has 0 unspecified atom stereocenters. The standard InChI is InChI=1S/C6H14O2.C6H6O.BH2O2/c1-5(2,7)6(3,4)8;7-6-4-2-1-3-5-6;2-1-3/h7-8H,1-4H3;1-5,7H;2-3H. The summed E-state index contributed by atoms with van der Waals surface area (Å²) in [6.45, 7) is 6.31. The molecule has 0 fully saturated rings. The molecule has 18 heavy (non-hydrogen) atoms. The van der Waals surface area contributed by atoms with Gasteiger partial charge in [0.1, 0.15) is 5.75 Å². The molecule has 0 saturated heterocycles. The van der Waals surface area contributed by atoms with Gasteiger partial charge in [0.15, 0.2) is 0 Å². The molecular formula is C12H22BO5. The maximum Gasteiger partial charge on any atom is 0.482 e. The van der Waals surface area contributed by atoms with Crippen molar-refractivity contribution in [2.75, 3.05) is 0 Å². The molecule has 103 valence electrons.